The van der Waals surface area contributed by atoms with Gasteiger partial charge in [-0.25, -0.2) is 4.98 Å². The highest BCUT2D eigenvalue weighted by Crippen LogP contribution is 2.38. The molecular formula is C13H13F3N2OS. The molecule has 1 aliphatic heterocycles. The summed E-state index contributed by atoms with van der Waals surface area (Å²) < 4.78 is 39.4. The van der Waals surface area contributed by atoms with Crippen molar-refractivity contribution in [3.8, 4) is 0 Å². The summed E-state index contributed by atoms with van der Waals surface area (Å²) in [6, 6.07) is 4.13. The largest absolute Gasteiger partial charge is 0.418 e. The number of hydrogen-bond donors (Lipinski definition) is 1. The number of aliphatic hydroxyl groups is 1. The smallest absolute Gasteiger partial charge is 0.393 e. The summed E-state index contributed by atoms with van der Waals surface area (Å²) in [5.41, 5.74) is -0.666. The third-order valence-corrected chi connectivity index (χ3v) is 4.53. The highest BCUT2D eigenvalue weighted by atomic mass is 32.1. The van der Waals surface area contributed by atoms with Gasteiger partial charge in [0, 0.05) is 13.1 Å². The zero-order valence-corrected chi connectivity index (χ0v) is 11.3. The summed E-state index contributed by atoms with van der Waals surface area (Å²) in [6.45, 7) is 1.25. The molecule has 0 amide bonds. The van der Waals surface area contributed by atoms with E-state index in [-0.39, 0.29) is 11.6 Å². The lowest BCUT2D eigenvalue weighted by Gasteiger charge is -2.29. The lowest BCUT2D eigenvalue weighted by molar-refractivity contribution is -0.136. The van der Waals surface area contributed by atoms with Crippen LogP contribution >= 0.6 is 11.3 Å². The molecule has 0 radical (unpaired) electrons. The number of benzene rings is 1. The van der Waals surface area contributed by atoms with Gasteiger partial charge in [-0.05, 0) is 25.0 Å². The van der Waals surface area contributed by atoms with Crippen LogP contribution in [0.15, 0.2) is 18.2 Å². The van der Waals surface area contributed by atoms with E-state index in [9.17, 15) is 18.3 Å². The molecule has 0 spiro atoms. The number of aromatic nitrogens is 1. The minimum atomic E-state index is -4.39. The van der Waals surface area contributed by atoms with Gasteiger partial charge in [0.05, 0.1) is 21.9 Å². The van der Waals surface area contributed by atoms with Crippen LogP contribution in [0, 0.1) is 0 Å². The Morgan fingerprint density at radius 1 is 1.25 bits per heavy atom. The third-order valence-electron chi connectivity index (χ3n) is 3.45. The van der Waals surface area contributed by atoms with Crippen molar-refractivity contribution in [1.82, 2.24) is 4.98 Å². The molecule has 2 heterocycles. The maximum atomic E-state index is 12.9. The molecule has 1 aromatic carbocycles. The van der Waals surface area contributed by atoms with Crippen LogP contribution in [-0.4, -0.2) is 29.3 Å². The van der Waals surface area contributed by atoms with Crippen molar-refractivity contribution in [3.05, 3.63) is 23.8 Å². The number of hydrogen-bond acceptors (Lipinski definition) is 4. The fourth-order valence-electron chi connectivity index (χ4n) is 2.36. The van der Waals surface area contributed by atoms with Gasteiger partial charge in [-0.2, -0.15) is 13.2 Å². The SMILES string of the molecule is OC1CCN(c2nc3c(C(F)(F)F)cccc3s2)CC1. The number of fused-ring (bicyclic) bond motifs is 1. The van der Waals surface area contributed by atoms with E-state index in [1.165, 1.54) is 17.4 Å². The van der Waals surface area contributed by atoms with Crippen LogP contribution in [0.5, 0.6) is 0 Å². The minimum Gasteiger partial charge on any atom is -0.393 e. The Kier molecular flexibility index (Phi) is 3.33. The van der Waals surface area contributed by atoms with E-state index in [0.717, 1.165) is 6.07 Å². The molecule has 0 atom stereocenters. The summed E-state index contributed by atoms with van der Waals surface area (Å²) in [7, 11) is 0. The van der Waals surface area contributed by atoms with Crippen molar-refractivity contribution in [1.29, 1.82) is 0 Å². The summed E-state index contributed by atoms with van der Waals surface area (Å²) in [5, 5.41) is 10.1. The van der Waals surface area contributed by atoms with Crippen LogP contribution < -0.4 is 4.90 Å². The first-order chi connectivity index (χ1) is 9.45. The van der Waals surface area contributed by atoms with Crippen LogP contribution in [0.1, 0.15) is 18.4 Å². The van der Waals surface area contributed by atoms with Gasteiger partial charge in [-0.15, -0.1) is 0 Å². The topological polar surface area (TPSA) is 36.4 Å². The second kappa shape index (κ2) is 4.89. The summed E-state index contributed by atoms with van der Waals surface area (Å²) in [5.74, 6) is 0. The molecule has 108 valence electrons. The van der Waals surface area contributed by atoms with E-state index in [0.29, 0.717) is 35.8 Å². The maximum Gasteiger partial charge on any atom is 0.418 e. The van der Waals surface area contributed by atoms with E-state index in [2.05, 4.69) is 4.98 Å². The lowest BCUT2D eigenvalue weighted by Crippen LogP contribution is -2.35. The van der Waals surface area contributed by atoms with Gasteiger partial charge in [0.2, 0.25) is 0 Å². The van der Waals surface area contributed by atoms with Crippen molar-refractivity contribution >= 4 is 26.7 Å². The number of alkyl halides is 3. The Morgan fingerprint density at radius 3 is 2.60 bits per heavy atom. The molecule has 1 saturated heterocycles. The van der Waals surface area contributed by atoms with Crippen molar-refractivity contribution in [3.63, 3.8) is 0 Å². The highest BCUT2D eigenvalue weighted by Gasteiger charge is 2.34. The lowest BCUT2D eigenvalue weighted by atomic mass is 10.1. The summed E-state index contributed by atoms with van der Waals surface area (Å²) in [6.07, 6.45) is -3.45. The maximum absolute atomic E-state index is 12.9. The molecule has 7 heteroatoms. The fraction of sp³-hybridized carbons (Fsp3) is 0.462. The molecule has 1 N–H and O–H groups in total. The van der Waals surface area contributed by atoms with Crippen LogP contribution in [0.4, 0.5) is 18.3 Å². The average molecular weight is 302 g/mol. The molecule has 0 unspecified atom stereocenters. The van der Waals surface area contributed by atoms with Gasteiger partial charge >= 0.3 is 6.18 Å². The number of anilines is 1. The van der Waals surface area contributed by atoms with Crippen molar-refractivity contribution < 1.29 is 18.3 Å². The van der Waals surface area contributed by atoms with Crippen molar-refractivity contribution in [2.24, 2.45) is 0 Å². The van der Waals surface area contributed by atoms with Crippen molar-refractivity contribution in [2.45, 2.75) is 25.1 Å². The molecule has 0 aliphatic carbocycles. The molecule has 1 aromatic heterocycles. The first-order valence-electron chi connectivity index (χ1n) is 6.35. The number of halogens is 3. The monoisotopic (exact) mass is 302 g/mol. The quantitative estimate of drug-likeness (QED) is 0.878. The zero-order valence-electron chi connectivity index (χ0n) is 10.5. The second-order valence-corrected chi connectivity index (χ2v) is 5.87. The molecule has 2 aromatic rings. The van der Waals surface area contributed by atoms with Crippen LogP contribution in [0.2, 0.25) is 0 Å². The third kappa shape index (κ3) is 2.47. The summed E-state index contributed by atoms with van der Waals surface area (Å²) >= 11 is 1.27. The van der Waals surface area contributed by atoms with Gasteiger partial charge in [-0.3, -0.25) is 0 Å². The minimum absolute atomic E-state index is 0.0196. The van der Waals surface area contributed by atoms with E-state index in [1.54, 1.807) is 6.07 Å². The highest BCUT2D eigenvalue weighted by molar-refractivity contribution is 7.22. The van der Waals surface area contributed by atoms with Gasteiger partial charge in [0.1, 0.15) is 0 Å². The predicted octanol–water partition coefficient (Wildman–Crippen LogP) is 3.28. The van der Waals surface area contributed by atoms with Crippen LogP contribution in [0.25, 0.3) is 10.2 Å². The van der Waals surface area contributed by atoms with E-state index < -0.39 is 11.7 Å². The van der Waals surface area contributed by atoms with Gasteiger partial charge in [0.15, 0.2) is 5.13 Å². The zero-order chi connectivity index (χ0) is 14.3. The summed E-state index contributed by atoms with van der Waals surface area (Å²) in [4.78, 5) is 6.11. The van der Waals surface area contributed by atoms with Gasteiger partial charge in [0.25, 0.3) is 0 Å². The van der Waals surface area contributed by atoms with Crippen LogP contribution in [-0.2, 0) is 6.18 Å². The van der Waals surface area contributed by atoms with Gasteiger partial charge in [-0.1, -0.05) is 17.4 Å². The van der Waals surface area contributed by atoms with Crippen molar-refractivity contribution in [2.75, 3.05) is 18.0 Å². The first kappa shape index (κ1) is 13.6. The number of piperidine rings is 1. The van der Waals surface area contributed by atoms with E-state index in [1.807, 2.05) is 4.90 Å². The fourth-order valence-corrected chi connectivity index (χ4v) is 3.40. The van der Waals surface area contributed by atoms with Crippen LogP contribution in [0.3, 0.4) is 0 Å². The Labute approximate surface area is 117 Å². The Balaban J connectivity index is 1.99. The Bertz CT molecular complexity index is 618. The number of thiazole rings is 1. The number of nitrogens with zero attached hydrogens (tertiary/aromatic N) is 2. The molecule has 3 nitrogen and oxygen atoms in total. The first-order valence-corrected chi connectivity index (χ1v) is 7.16. The van der Waals surface area contributed by atoms with E-state index in [4.69, 9.17) is 0 Å². The molecule has 0 bridgehead atoms. The number of rotatable bonds is 1. The molecule has 1 fully saturated rings. The molecule has 1 aliphatic rings. The Hall–Kier alpha value is -1.34. The van der Waals surface area contributed by atoms with Gasteiger partial charge < -0.3 is 10.0 Å². The normalized spacial score (nSPS) is 17.9. The average Bonchev–Trinajstić information content (AvgIpc) is 2.81. The molecule has 20 heavy (non-hydrogen) atoms. The Morgan fingerprint density at radius 2 is 1.95 bits per heavy atom. The standard InChI is InChI=1S/C13H13F3N2OS/c14-13(15,16)9-2-1-3-10-11(9)17-12(20-10)18-6-4-8(19)5-7-18/h1-3,8,19H,4-7H2. The molecular weight excluding hydrogens is 289 g/mol. The number of para-hydroxylation sites is 1. The predicted molar refractivity (Wildman–Crippen MR) is 72.1 cm³/mol. The molecule has 0 saturated carbocycles. The molecule has 3 rings (SSSR count). The number of aliphatic hydroxyl groups excluding tert-OH is 1. The van der Waals surface area contributed by atoms with E-state index >= 15 is 0 Å². The second-order valence-electron chi connectivity index (χ2n) is 4.86.